The van der Waals surface area contributed by atoms with Gasteiger partial charge in [-0.2, -0.15) is 5.10 Å². The molecule has 4 aromatic rings. The zero-order chi connectivity index (χ0) is 23.5. The fourth-order valence-corrected chi connectivity index (χ4v) is 4.34. The lowest BCUT2D eigenvalue weighted by atomic mass is 9.98. The molecule has 3 aromatic carbocycles. The predicted molar refractivity (Wildman–Crippen MR) is 125 cm³/mol. The summed E-state index contributed by atoms with van der Waals surface area (Å²) in [7, 11) is 0. The summed E-state index contributed by atoms with van der Waals surface area (Å²) in [5.41, 5.74) is 5.86. The topological polar surface area (TPSA) is 110 Å². The number of ether oxygens (including phenoxy) is 1. The van der Waals surface area contributed by atoms with E-state index in [1.807, 2.05) is 24.3 Å². The fraction of sp³-hybridized carbons (Fsp3) is 0.192. The van der Waals surface area contributed by atoms with Crippen LogP contribution in [0, 0.1) is 0 Å². The van der Waals surface area contributed by atoms with Gasteiger partial charge in [0.25, 0.3) is 0 Å². The Kier molecular flexibility index (Phi) is 6.07. The van der Waals surface area contributed by atoms with Crippen LogP contribution in [0.4, 0.5) is 4.79 Å². The standard InChI is InChI=1S/C26H24N4O4/c31-24(25(32)17-9-11-18(12-10-17)30-16-27-15-29-30)13-28-26(33)34-14-23-21-7-3-1-5-19(21)20-6-2-4-8-22(20)23/h1-12,15-16,23-25,31-32H,13-14H2,(H,28,33). The molecule has 8 nitrogen and oxygen atoms in total. The van der Waals surface area contributed by atoms with Gasteiger partial charge in [-0.15, -0.1) is 0 Å². The van der Waals surface area contributed by atoms with Gasteiger partial charge in [0, 0.05) is 12.5 Å². The van der Waals surface area contributed by atoms with Crippen molar-refractivity contribution in [1.82, 2.24) is 20.1 Å². The summed E-state index contributed by atoms with van der Waals surface area (Å²) in [5.74, 6) is -0.0443. The molecular weight excluding hydrogens is 432 g/mol. The van der Waals surface area contributed by atoms with Crippen LogP contribution >= 0.6 is 0 Å². The number of nitrogens with one attached hydrogen (secondary N) is 1. The molecule has 1 heterocycles. The largest absolute Gasteiger partial charge is 0.449 e. The van der Waals surface area contributed by atoms with Gasteiger partial charge in [-0.1, -0.05) is 60.7 Å². The number of hydrogen-bond acceptors (Lipinski definition) is 6. The molecule has 172 valence electrons. The molecule has 0 saturated heterocycles. The van der Waals surface area contributed by atoms with Gasteiger partial charge in [0.1, 0.15) is 31.5 Å². The van der Waals surface area contributed by atoms with E-state index in [2.05, 4.69) is 39.7 Å². The SMILES string of the molecule is O=C(NCC(O)C(O)c1ccc(-n2cncn2)cc1)OCC1c2ccccc2-c2ccccc21. The van der Waals surface area contributed by atoms with E-state index >= 15 is 0 Å². The number of nitrogens with zero attached hydrogens (tertiary/aromatic N) is 3. The van der Waals surface area contributed by atoms with Crippen LogP contribution in [-0.4, -0.2) is 50.3 Å². The molecule has 0 spiro atoms. The third kappa shape index (κ3) is 4.28. The number of benzene rings is 3. The fourth-order valence-electron chi connectivity index (χ4n) is 4.34. The molecule has 0 aliphatic heterocycles. The number of rotatable bonds is 7. The average molecular weight is 457 g/mol. The lowest BCUT2D eigenvalue weighted by molar-refractivity contribution is 0.0185. The van der Waals surface area contributed by atoms with Gasteiger partial charge in [-0.25, -0.2) is 14.5 Å². The van der Waals surface area contributed by atoms with Crippen LogP contribution < -0.4 is 5.32 Å². The number of carbonyl (C=O) groups excluding carboxylic acids is 1. The number of aromatic nitrogens is 3. The van der Waals surface area contributed by atoms with E-state index in [1.54, 1.807) is 35.3 Å². The second-order valence-electron chi connectivity index (χ2n) is 8.15. The predicted octanol–water partition coefficient (Wildman–Crippen LogP) is 3.20. The van der Waals surface area contributed by atoms with Crippen LogP contribution in [0.1, 0.15) is 28.7 Å². The first-order valence-electron chi connectivity index (χ1n) is 11.0. The summed E-state index contributed by atoms with van der Waals surface area (Å²) < 4.78 is 7.06. The van der Waals surface area contributed by atoms with Crippen molar-refractivity contribution in [3.05, 3.63) is 102 Å². The minimum atomic E-state index is -1.20. The first kappa shape index (κ1) is 21.8. The van der Waals surface area contributed by atoms with Gasteiger partial charge >= 0.3 is 6.09 Å². The Labute approximate surface area is 196 Å². The Bertz CT molecular complexity index is 1230. The highest BCUT2D eigenvalue weighted by Crippen LogP contribution is 2.44. The Morgan fingerprint density at radius 2 is 1.62 bits per heavy atom. The van der Waals surface area contributed by atoms with Crippen LogP contribution in [0.5, 0.6) is 0 Å². The van der Waals surface area contributed by atoms with Gasteiger partial charge in [-0.3, -0.25) is 0 Å². The number of amides is 1. The van der Waals surface area contributed by atoms with Gasteiger partial charge in [0.2, 0.25) is 0 Å². The van der Waals surface area contributed by atoms with Crippen molar-refractivity contribution < 1.29 is 19.7 Å². The maximum Gasteiger partial charge on any atom is 0.407 e. The van der Waals surface area contributed by atoms with E-state index in [9.17, 15) is 15.0 Å². The molecule has 2 unspecified atom stereocenters. The second kappa shape index (κ2) is 9.46. The molecule has 2 atom stereocenters. The number of fused-ring (bicyclic) bond motifs is 3. The minimum absolute atomic E-state index is 0.0443. The quantitative estimate of drug-likeness (QED) is 0.394. The van der Waals surface area contributed by atoms with Crippen LogP contribution in [0.15, 0.2) is 85.5 Å². The van der Waals surface area contributed by atoms with Crippen molar-refractivity contribution >= 4 is 6.09 Å². The highest BCUT2D eigenvalue weighted by Gasteiger charge is 2.29. The van der Waals surface area contributed by atoms with Gasteiger partial charge in [0.05, 0.1) is 5.69 Å². The number of hydrogen-bond donors (Lipinski definition) is 3. The summed E-state index contributed by atoms with van der Waals surface area (Å²) in [6.07, 6.45) is -0.00822. The van der Waals surface area contributed by atoms with Crippen molar-refractivity contribution in [3.63, 3.8) is 0 Å². The number of aliphatic hydroxyl groups is 2. The van der Waals surface area contributed by atoms with Gasteiger partial charge in [0.15, 0.2) is 0 Å². The molecule has 1 aliphatic carbocycles. The van der Waals surface area contributed by atoms with E-state index in [1.165, 1.54) is 6.33 Å². The maximum absolute atomic E-state index is 12.3. The molecular formula is C26H24N4O4. The average Bonchev–Trinajstić information content (AvgIpc) is 3.53. The summed E-state index contributed by atoms with van der Waals surface area (Å²) in [6.45, 7) is 0.0327. The smallest absolute Gasteiger partial charge is 0.407 e. The molecule has 5 rings (SSSR count). The zero-order valence-corrected chi connectivity index (χ0v) is 18.3. The first-order valence-corrected chi connectivity index (χ1v) is 11.0. The van der Waals surface area contributed by atoms with Crippen LogP contribution in [0.25, 0.3) is 16.8 Å². The molecule has 34 heavy (non-hydrogen) atoms. The highest BCUT2D eigenvalue weighted by atomic mass is 16.5. The molecule has 1 amide bonds. The number of carbonyl (C=O) groups is 1. The summed E-state index contributed by atoms with van der Waals surface area (Å²) in [6, 6.07) is 23.1. The van der Waals surface area contributed by atoms with Crippen molar-refractivity contribution in [3.8, 4) is 16.8 Å². The molecule has 0 radical (unpaired) electrons. The summed E-state index contributed by atoms with van der Waals surface area (Å²) in [4.78, 5) is 16.2. The normalized spacial score (nSPS) is 14.2. The molecule has 8 heteroatoms. The molecule has 0 fully saturated rings. The number of aliphatic hydroxyl groups excluding tert-OH is 2. The number of alkyl carbamates (subject to hydrolysis) is 1. The molecule has 1 aliphatic rings. The van der Waals surface area contributed by atoms with Crippen molar-refractivity contribution in [1.29, 1.82) is 0 Å². The van der Waals surface area contributed by atoms with E-state index in [0.29, 0.717) is 5.56 Å². The first-order chi connectivity index (χ1) is 16.6. The third-order valence-electron chi connectivity index (χ3n) is 6.08. The van der Waals surface area contributed by atoms with E-state index in [4.69, 9.17) is 4.74 Å². The second-order valence-corrected chi connectivity index (χ2v) is 8.15. The highest BCUT2D eigenvalue weighted by molar-refractivity contribution is 5.79. The van der Waals surface area contributed by atoms with E-state index in [-0.39, 0.29) is 19.1 Å². The van der Waals surface area contributed by atoms with Gasteiger partial charge < -0.3 is 20.3 Å². The Morgan fingerprint density at radius 3 is 2.24 bits per heavy atom. The van der Waals surface area contributed by atoms with E-state index < -0.39 is 18.3 Å². The van der Waals surface area contributed by atoms with Gasteiger partial charge in [-0.05, 0) is 39.9 Å². The Morgan fingerprint density at radius 1 is 0.971 bits per heavy atom. The summed E-state index contributed by atoms with van der Waals surface area (Å²) >= 11 is 0. The Balaban J connectivity index is 1.15. The molecule has 1 aromatic heterocycles. The Hall–Kier alpha value is -4.01. The van der Waals surface area contributed by atoms with E-state index in [0.717, 1.165) is 27.9 Å². The van der Waals surface area contributed by atoms with Crippen molar-refractivity contribution in [2.75, 3.05) is 13.2 Å². The third-order valence-corrected chi connectivity index (χ3v) is 6.08. The molecule has 3 N–H and O–H groups in total. The zero-order valence-electron chi connectivity index (χ0n) is 18.3. The monoisotopic (exact) mass is 456 g/mol. The summed E-state index contributed by atoms with van der Waals surface area (Å²) in [5, 5.41) is 27.4. The lowest BCUT2D eigenvalue weighted by Gasteiger charge is -2.19. The minimum Gasteiger partial charge on any atom is -0.449 e. The molecule has 0 saturated carbocycles. The maximum atomic E-state index is 12.3. The molecule has 0 bridgehead atoms. The lowest BCUT2D eigenvalue weighted by Crippen LogP contribution is -2.36. The van der Waals surface area contributed by atoms with Crippen molar-refractivity contribution in [2.24, 2.45) is 0 Å². The van der Waals surface area contributed by atoms with Crippen LogP contribution in [0.3, 0.4) is 0 Å². The van der Waals surface area contributed by atoms with Crippen LogP contribution in [-0.2, 0) is 4.74 Å². The van der Waals surface area contributed by atoms with Crippen LogP contribution in [0.2, 0.25) is 0 Å². The van der Waals surface area contributed by atoms with Crippen molar-refractivity contribution in [2.45, 2.75) is 18.1 Å².